The van der Waals surface area contributed by atoms with Gasteiger partial charge in [0.2, 0.25) is 0 Å². The predicted octanol–water partition coefficient (Wildman–Crippen LogP) is 4.95. The summed E-state index contributed by atoms with van der Waals surface area (Å²) in [6, 6.07) is 11.0. The molecule has 2 aromatic rings. The summed E-state index contributed by atoms with van der Waals surface area (Å²) in [5.41, 5.74) is 10.2. The number of halogens is 1. The highest BCUT2D eigenvalue weighted by atomic mass is 35.5. The summed E-state index contributed by atoms with van der Waals surface area (Å²) < 4.78 is 0. The molecule has 4 heteroatoms. The van der Waals surface area contributed by atoms with Crippen LogP contribution in [0.1, 0.15) is 11.1 Å². The van der Waals surface area contributed by atoms with Crippen molar-refractivity contribution in [3.63, 3.8) is 0 Å². The van der Waals surface area contributed by atoms with Gasteiger partial charge in [-0.2, -0.15) is 10.2 Å². The van der Waals surface area contributed by atoms with Gasteiger partial charge >= 0.3 is 0 Å². The summed E-state index contributed by atoms with van der Waals surface area (Å²) in [7, 11) is 0. The van der Waals surface area contributed by atoms with Crippen LogP contribution in [0.4, 0.5) is 17.1 Å². The van der Waals surface area contributed by atoms with Gasteiger partial charge in [-0.1, -0.05) is 11.6 Å². The minimum atomic E-state index is 0.689. The molecule has 0 radical (unpaired) electrons. The first-order valence-corrected chi connectivity index (χ1v) is 5.98. The number of azo groups is 1. The Balaban J connectivity index is 2.31. The second kappa shape index (κ2) is 5.19. The van der Waals surface area contributed by atoms with Crippen molar-refractivity contribution in [3.8, 4) is 0 Å². The van der Waals surface area contributed by atoms with Crippen molar-refractivity contribution in [2.24, 2.45) is 10.2 Å². The van der Waals surface area contributed by atoms with E-state index in [1.165, 1.54) is 0 Å². The average molecular weight is 260 g/mol. The van der Waals surface area contributed by atoms with Crippen LogP contribution in [0, 0.1) is 13.8 Å². The fourth-order valence-corrected chi connectivity index (χ4v) is 1.89. The van der Waals surface area contributed by atoms with Crippen LogP contribution in [0.5, 0.6) is 0 Å². The van der Waals surface area contributed by atoms with Crippen molar-refractivity contribution in [2.75, 3.05) is 5.73 Å². The minimum Gasteiger partial charge on any atom is -0.399 e. The number of benzene rings is 2. The zero-order chi connectivity index (χ0) is 13.1. The number of aryl methyl sites for hydroxylation is 2. The summed E-state index contributed by atoms with van der Waals surface area (Å²) in [6.07, 6.45) is 0. The third-order valence-corrected chi connectivity index (χ3v) is 2.86. The lowest BCUT2D eigenvalue weighted by atomic mass is 10.1. The molecule has 0 fully saturated rings. The van der Waals surface area contributed by atoms with Crippen LogP contribution in [0.2, 0.25) is 5.02 Å². The molecule has 2 rings (SSSR count). The van der Waals surface area contributed by atoms with Crippen LogP contribution in [-0.2, 0) is 0 Å². The maximum absolute atomic E-state index is 5.81. The molecule has 18 heavy (non-hydrogen) atoms. The van der Waals surface area contributed by atoms with E-state index in [1.807, 2.05) is 38.1 Å². The normalized spacial score (nSPS) is 11.1. The van der Waals surface area contributed by atoms with Crippen LogP contribution in [0.25, 0.3) is 0 Å². The highest BCUT2D eigenvalue weighted by Crippen LogP contribution is 2.28. The lowest BCUT2D eigenvalue weighted by Gasteiger charge is -2.05. The Kier molecular flexibility index (Phi) is 3.63. The van der Waals surface area contributed by atoms with Crippen molar-refractivity contribution in [1.29, 1.82) is 0 Å². The minimum absolute atomic E-state index is 0.689. The van der Waals surface area contributed by atoms with Gasteiger partial charge in [0.1, 0.15) is 0 Å². The van der Waals surface area contributed by atoms with E-state index >= 15 is 0 Å². The second-order valence-corrected chi connectivity index (χ2v) is 4.62. The van der Waals surface area contributed by atoms with Crippen LogP contribution < -0.4 is 5.73 Å². The first-order valence-electron chi connectivity index (χ1n) is 5.60. The molecule has 3 nitrogen and oxygen atoms in total. The number of anilines is 1. The SMILES string of the molecule is Cc1cc(N)cc(C)c1N=Nc1ccc(Cl)cc1. The van der Waals surface area contributed by atoms with E-state index in [4.69, 9.17) is 17.3 Å². The van der Waals surface area contributed by atoms with E-state index in [1.54, 1.807) is 12.1 Å². The summed E-state index contributed by atoms with van der Waals surface area (Å²) in [5.74, 6) is 0. The molecule has 2 aromatic carbocycles. The van der Waals surface area contributed by atoms with Gasteiger partial charge in [0.05, 0.1) is 11.4 Å². The number of nitrogens with zero attached hydrogens (tertiary/aromatic N) is 2. The molecule has 0 bridgehead atoms. The zero-order valence-corrected chi connectivity index (χ0v) is 11.1. The van der Waals surface area contributed by atoms with Gasteiger partial charge < -0.3 is 5.73 Å². The molecular formula is C14H14ClN3. The van der Waals surface area contributed by atoms with Gasteiger partial charge in [0, 0.05) is 10.7 Å². The monoisotopic (exact) mass is 259 g/mol. The molecule has 0 unspecified atom stereocenters. The molecule has 0 amide bonds. The first-order chi connectivity index (χ1) is 8.56. The maximum atomic E-state index is 5.81. The molecule has 0 atom stereocenters. The van der Waals surface area contributed by atoms with E-state index in [0.717, 1.165) is 28.2 Å². The number of hydrogen-bond acceptors (Lipinski definition) is 3. The zero-order valence-electron chi connectivity index (χ0n) is 10.3. The third-order valence-electron chi connectivity index (χ3n) is 2.61. The summed E-state index contributed by atoms with van der Waals surface area (Å²) in [6.45, 7) is 3.94. The van der Waals surface area contributed by atoms with E-state index in [2.05, 4.69) is 10.2 Å². The predicted molar refractivity (Wildman–Crippen MR) is 76.0 cm³/mol. The van der Waals surface area contributed by atoms with Crippen molar-refractivity contribution in [1.82, 2.24) is 0 Å². The third kappa shape index (κ3) is 2.87. The van der Waals surface area contributed by atoms with Crippen LogP contribution >= 0.6 is 11.6 Å². The van der Waals surface area contributed by atoms with Gasteiger partial charge in [0.15, 0.2) is 0 Å². The molecule has 0 saturated heterocycles. The van der Waals surface area contributed by atoms with Crippen LogP contribution in [0.15, 0.2) is 46.6 Å². The van der Waals surface area contributed by atoms with E-state index in [0.29, 0.717) is 5.02 Å². The van der Waals surface area contributed by atoms with Crippen LogP contribution in [-0.4, -0.2) is 0 Å². The fourth-order valence-electron chi connectivity index (χ4n) is 1.76. The number of nitrogen functional groups attached to an aromatic ring is 1. The lowest BCUT2D eigenvalue weighted by Crippen LogP contribution is -1.88. The molecule has 0 spiro atoms. The average Bonchev–Trinajstić information content (AvgIpc) is 2.30. The van der Waals surface area contributed by atoms with Gasteiger partial charge in [0.25, 0.3) is 0 Å². The van der Waals surface area contributed by atoms with Crippen molar-refractivity contribution >= 4 is 28.7 Å². The Labute approximate surface area is 111 Å². The highest BCUT2D eigenvalue weighted by molar-refractivity contribution is 6.30. The molecule has 0 saturated carbocycles. The molecule has 0 heterocycles. The van der Waals surface area contributed by atoms with E-state index in [9.17, 15) is 0 Å². The van der Waals surface area contributed by atoms with E-state index < -0.39 is 0 Å². The first kappa shape index (κ1) is 12.6. The van der Waals surface area contributed by atoms with Crippen molar-refractivity contribution in [3.05, 3.63) is 52.5 Å². The Bertz CT molecular complexity index is 565. The summed E-state index contributed by atoms with van der Waals surface area (Å²) in [5, 5.41) is 9.16. The van der Waals surface area contributed by atoms with Gasteiger partial charge in [-0.05, 0) is 61.4 Å². The van der Waals surface area contributed by atoms with Gasteiger partial charge in [-0.3, -0.25) is 0 Å². The lowest BCUT2D eigenvalue weighted by molar-refractivity contribution is 1.19. The maximum Gasteiger partial charge on any atom is 0.0916 e. The van der Waals surface area contributed by atoms with Crippen molar-refractivity contribution < 1.29 is 0 Å². The summed E-state index contributed by atoms with van der Waals surface area (Å²) >= 11 is 5.81. The highest BCUT2D eigenvalue weighted by Gasteiger charge is 2.02. The molecular weight excluding hydrogens is 246 g/mol. The Morgan fingerprint density at radius 2 is 1.50 bits per heavy atom. The quantitative estimate of drug-likeness (QED) is 0.602. The summed E-state index contributed by atoms with van der Waals surface area (Å²) in [4.78, 5) is 0. The fraction of sp³-hybridized carbons (Fsp3) is 0.143. The Hall–Kier alpha value is -1.87. The standard InChI is InChI=1S/C14H14ClN3/c1-9-7-12(16)8-10(2)14(9)18-17-13-5-3-11(15)4-6-13/h3-8H,16H2,1-2H3. The van der Waals surface area contributed by atoms with E-state index in [-0.39, 0.29) is 0 Å². The Morgan fingerprint density at radius 3 is 2.06 bits per heavy atom. The smallest absolute Gasteiger partial charge is 0.0916 e. The van der Waals surface area contributed by atoms with Gasteiger partial charge in [-0.25, -0.2) is 0 Å². The topological polar surface area (TPSA) is 50.7 Å². The molecule has 92 valence electrons. The second-order valence-electron chi connectivity index (χ2n) is 4.18. The number of hydrogen-bond donors (Lipinski definition) is 1. The molecule has 0 aliphatic heterocycles. The largest absolute Gasteiger partial charge is 0.399 e. The van der Waals surface area contributed by atoms with Crippen molar-refractivity contribution in [2.45, 2.75) is 13.8 Å². The molecule has 0 aliphatic rings. The Morgan fingerprint density at radius 1 is 0.944 bits per heavy atom. The van der Waals surface area contributed by atoms with Crippen LogP contribution in [0.3, 0.4) is 0 Å². The number of nitrogens with two attached hydrogens (primary N) is 1. The van der Waals surface area contributed by atoms with Gasteiger partial charge in [-0.15, -0.1) is 0 Å². The molecule has 2 N–H and O–H groups in total. The number of rotatable bonds is 2. The molecule has 0 aliphatic carbocycles. The molecule has 0 aromatic heterocycles.